The number of aromatic nitrogens is 2. The van der Waals surface area contributed by atoms with Crippen LogP contribution in [0, 0.1) is 0 Å². The van der Waals surface area contributed by atoms with Gasteiger partial charge in [-0.15, -0.1) is 0 Å². The summed E-state index contributed by atoms with van der Waals surface area (Å²) in [5.41, 5.74) is 3.50. The minimum atomic E-state index is -0.420. The smallest absolute Gasteiger partial charge is 0.338 e. The number of phenols is 1. The van der Waals surface area contributed by atoms with E-state index in [-0.39, 0.29) is 12.4 Å². The molecule has 3 aromatic rings. The second-order valence-corrected chi connectivity index (χ2v) is 8.91. The first-order valence-electron chi connectivity index (χ1n) is 12.8. The molecule has 38 heavy (non-hydrogen) atoms. The van der Waals surface area contributed by atoms with Crippen LogP contribution in [0.3, 0.4) is 0 Å². The van der Waals surface area contributed by atoms with E-state index in [0.29, 0.717) is 69.2 Å². The molecule has 0 bridgehead atoms. The van der Waals surface area contributed by atoms with Gasteiger partial charge in [0.25, 0.3) is 0 Å². The van der Waals surface area contributed by atoms with Gasteiger partial charge < -0.3 is 19.3 Å². The summed E-state index contributed by atoms with van der Waals surface area (Å²) in [4.78, 5) is 25.9. The molecule has 1 N–H and O–H groups in total. The zero-order valence-corrected chi connectivity index (χ0v) is 22.5. The minimum absolute atomic E-state index is 0.157. The molecule has 3 rings (SSSR count). The molecule has 0 aliphatic heterocycles. The number of hydrogen-bond donors (Lipinski definition) is 1. The van der Waals surface area contributed by atoms with Gasteiger partial charge in [0.1, 0.15) is 5.75 Å². The molecule has 0 fully saturated rings. The maximum atomic E-state index is 12.8. The second-order valence-electron chi connectivity index (χ2n) is 8.91. The van der Waals surface area contributed by atoms with Crippen LogP contribution in [-0.2, 0) is 40.4 Å². The molecule has 9 heteroatoms. The molecule has 0 atom stereocenters. The van der Waals surface area contributed by atoms with Gasteiger partial charge in [-0.3, -0.25) is 19.8 Å². The van der Waals surface area contributed by atoms with Gasteiger partial charge in [0.2, 0.25) is 0 Å². The van der Waals surface area contributed by atoms with Gasteiger partial charge in [0, 0.05) is 77.0 Å². The fraction of sp³-hybridized carbons (Fsp3) is 0.414. The Bertz CT molecular complexity index is 1040. The number of ether oxygens (including phenoxy) is 3. The number of benzene rings is 1. The molecular formula is C29H38N4O5. The minimum Gasteiger partial charge on any atom is -0.507 e. The number of rotatable bonds is 16. The van der Waals surface area contributed by atoms with E-state index < -0.39 is 5.97 Å². The first-order chi connectivity index (χ1) is 18.5. The van der Waals surface area contributed by atoms with Crippen LogP contribution in [0.4, 0.5) is 0 Å². The molecule has 0 amide bonds. The summed E-state index contributed by atoms with van der Waals surface area (Å²) in [6.45, 7) is 6.30. The summed E-state index contributed by atoms with van der Waals surface area (Å²) < 4.78 is 15.9. The van der Waals surface area contributed by atoms with Crippen molar-refractivity contribution in [3.8, 4) is 5.75 Å². The fourth-order valence-electron chi connectivity index (χ4n) is 4.13. The van der Waals surface area contributed by atoms with Crippen LogP contribution in [0.15, 0.2) is 60.9 Å². The number of carbonyl (C=O) groups excluding carboxylic acids is 1. The van der Waals surface area contributed by atoms with Gasteiger partial charge in [0.15, 0.2) is 0 Å². The van der Waals surface area contributed by atoms with E-state index in [9.17, 15) is 9.90 Å². The van der Waals surface area contributed by atoms with Crippen molar-refractivity contribution in [1.82, 2.24) is 19.8 Å². The van der Waals surface area contributed by atoms with E-state index in [2.05, 4.69) is 19.8 Å². The zero-order chi connectivity index (χ0) is 27.2. The van der Waals surface area contributed by atoms with Crippen molar-refractivity contribution in [2.24, 2.45) is 0 Å². The zero-order valence-electron chi connectivity index (χ0n) is 22.5. The molecule has 0 saturated carbocycles. The van der Waals surface area contributed by atoms with Crippen LogP contribution < -0.4 is 0 Å². The average molecular weight is 523 g/mol. The first-order valence-corrected chi connectivity index (χ1v) is 12.8. The third-order valence-corrected chi connectivity index (χ3v) is 6.01. The predicted molar refractivity (Wildman–Crippen MR) is 145 cm³/mol. The van der Waals surface area contributed by atoms with Crippen molar-refractivity contribution in [3.63, 3.8) is 0 Å². The Hall–Kier alpha value is -3.37. The number of nitrogens with zero attached hydrogens (tertiary/aromatic N) is 4. The molecule has 2 aromatic heterocycles. The lowest BCUT2D eigenvalue weighted by molar-refractivity contribution is 0.0525. The Kier molecular flexibility index (Phi) is 12.1. The van der Waals surface area contributed by atoms with E-state index in [4.69, 9.17) is 14.2 Å². The lowest BCUT2D eigenvalue weighted by Gasteiger charge is -2.25. The summed E-state index contributed by atoms with van der Waals surface area (Å²) in [5, 5.41) is 11.4. The van der Waals surface area contributed by atoms with Gasteiger partial charge in [-0.2, -0.15) is 0 Å². The van der Waals surface area contributed by atoms with Gasteiger partial charge >= 0.3 is 5.97 Å². The maximum absolute atomic E-state index is 12.8. The number of aromatic hydroxyl groups is 1. The number of pyridine rings is 2. The molecule has 204 valence electrons. The first kappa shape index (κ1) is 29.2. The lowest BCUT2D eigenvalue weighted by atomic mass is 10.0. The van der Waals surface area contributed by atoms with Crippen LogP contribution >= 0.6 is 0 Å². The van der Waals surface area contributed by atoms with Crippen LogP contribution in [0.25, 0.3) is 0 Å². The van der Waals surface area contributed by atoms with Crippen molar-refractivity contribution in [2.75, 3.05) is 47.1 Å². The molecular weight excluding hydrogens is 484 g/mol. The van der Waals surface area contributed by atoms with Crippen molar-refractivity contribution < 1.29 is 24.1 Å². The van der Waals surface area contributed by atoms with E-state index in [1.807, 2.05) is 36.4 Å². The second kappa shape index (κ2) is 15.8. The third-order valence-electron chi connectivity index (χ3n) is 6.01. The molecule has 2 heterocycles. The Balaban J connectivity index is 1.92. The number of methoxy groups -OCH3 is 2. The highest BCUT2D eigenvalue weighted by molar-refractivity contribution is 5.90. The molecule has 0 radical (unpaired) electrons. The van der Waals surface area contributed by atoms with Crippen LogP contribution in [-0.4, -0.2) is 78.0 Å². The maximum Gasteiger partial charge on any atom is 0.338 e. The molecule has 0 saturated heterocycles. The molecule has 9 nitrogen and oxygen atoms in total. The summed E-state index contributed by atoms with van der Waals surface area (Å²) in [6.07, 6.45) is 3.52. The highest BCUT2D eigenvalue weighted by Gasteiger charge is 2.20. The van der Waals surface area contributed by atoms with Gasteiger partial charge in [-0.1, -0.05) is 12.1 Å². The van der Waals surface area contributed by atoms with Crippen molar-refractivity contribution in [2.45, 2.75) is 33.1 Å². The number of carbonyl (C=O) groups is 1. The summed E-state index contributed by atoms with van der Waals surface area (Å²) in [6, 6.07) is 15.0. The summed E-state index contributed by atoms with van der Waals surface area (Å²) in [5.74, 6) is -0.263. The van der Waals surface area contributed by atoms with E-state index in [1.165, 1.54) is 0 Å². The number of hydrogen-bond acceptors (Lipinski definition) is 9. The average Bonchev–Trinajstić information content (AvgIpc) is 2.93. The predicted octanol–water partition coefficient (Wildman–Crippen LogP) is 3.66. The monoisotopic (exact) mass is 522 g/mol. The quantitative estimate of drug-likeness (QED) is 0.283. The highest BCUT2D eigenvalue weighted by Crippen LogP contribution is 2.29. The van der Waals surface area contributed by atoms with Gasteiger partial charge in [0.05, 0.1) is 36.8 Å². The van der Waals surface area contributed by atoms with Crippen molar-refractivity contribution >= 4 is 5.97 Å². The van der Waals surface area contributed by atoms with E-state index in [0.717, 1.165) is 11.4 Å². The largest absolute Gasteiger partial charge is 0.507 e. The Morgan fingerprint density at radius 3 is 1.71 bits per heavy atom. The lowest BCUT2D eigenvalue weighted by Crippen LogP contribution is -2.28. The Labute approximate surface area is 225 Å². The van der Waals surface area contributed by atoms with Crippen molar-refractivity contribution in [3.05, 3.63) is 89.0 Å². The Morgan fingerprint density at radius 2 is 1.32 bits per heavy atom. The fourth-order valence-corrected chi connectivity index (χ4v) is 4.13. The summed E-state index contributed by atoms with van der Waals surface area (Å²) in [7, 11) is 3.32. The summed E-state index contributed by atoms with van der Waals surface area (Å²) >= 11 is 0. The Morgan fingerprint density at radius 1 is 0.816 bits per heavy atom. The molecule has 0 aliphatic carbocycles. The van der Waals surface area contributed by atoms with E-state index >= 15 is 0 Å². The molecule has 0 aliphatic rings. The molecule has 1 aromatic carbocycles. The SMILES string of the molecule is CCOC(=O)c1cc(CN(CCOC)Cc2ccccn2)c(O)c(CN(CCOC)Cc2ccccn2)c1. The van der Waals surface area contributed by atoms with Crippen molar-refractivity contribution in [1.29, 1.82) is 0 Å². The number of phenolic OH excluding ortho intramolecular Hbond substituents is 1. The molecule has 0 spiro atoms. The van der Waals surface area contributed by atoms with Crippen LogP contribution in [0.2, 0.25) is 0 Å². The van der Waals surface area contributed by atoms with E-state index in [1.54, 1.807) is 45.7 Å². The van der Waals surface area contributed by atoms with Crippen LogP contribution in [0.5, 0.6) is 5.75 Å². The topological polar surface area (TPSA) is 97.2 Å². The van der Waals surface area contributed by atoms with Crippen LogP contribution in [0.1, 0.15) is 39.8 Å². The molecule has 0 unspecified atom stereocenters. The number of esters is 1. The van der Waals surface area contributed by atoms with Gasteiger partial charge in [-0.25, -0.2) is 4.79 Å². The van der Waals surface area contributed by atoms with Gasteiger partial charge in [-0.05, 0) is 43.3 Å². The highest BCUT2D eigenvalue weighted by atomic mass is 16.5. The standard InChI is InChI=1S/C29H38N4O5/c1-4-38-29(35)23-17-24(19-32(13-15-36-2)21-26-9-5-7-11-30-26)28(34)25(18-23)20-33(14-16-37-3)22-27-10-6-8-12-31-27/h5-12,17-18,34H,4,13-16,19-22H2,1-3H3. The third kappa shape index (κ3) is 9.18. The normalized spacial score (nSPS) is 11.3.